The lowest BCUT2D eigenvalue weighted by Crippen LogP contribution is -2.43. The molecule has 146 valence electrons. The molecule has 0 aliphatic carbocycles. The fourth-order valence-corrected chi connectivity index (χ4v) is 3.34. The van der Waals surface area contributed by atoms with Crippen molar-refractivity contribution in [2.45, 2.75) is 12.8 Å². The van der Waals surface area contributed by atoms with Crippen LogP contribution in [0, 0.1) is 0 Å². The van der Waals surface area contributed by atoms with Crippen LogP contribution in [0.1, 0.15) is 28.8 Å². The van der Waals surface area contributed by atoms with E-state index in [1.54, 1.807) is 20.2 Å². The van der Waals surface area contributed by atoms with Crippen molar-refractivity contribution >= 4 is 33.5 Å². The molecule has 0 saturated carbocycles. The molecular formula is C23H21N3O3. The van der Waals surface area contributed by atoms with Gasteiger partial charge in [0.05, 0.1) is 18.6 Å². The lowest BCUT2D eigenvalue weighted by molar-refractivity contribution is -0.123. The quantitative estimate of drug-likeness (QED) is 0.465. The monoisotopic (exact) mass is 387 g/mol. The highest BCUT2D eigenvalue weighted by Crippen LogP contribution is 2.25. The SMILES string of the molecule is COc1ccc2cc([C@H](C)C(=O)NNC(=O)c3c[nH]c4ccccc34)ccc2c1. The molecule has 0 unspecified atom stereocenters. The minimum absolute atomic E-state index is 0.286. The summed E-state index contributed by atoms with van der Waals surface area (Å²) in [6, 6.07) is 19.1. The Hall–Kier alpha value is -3.80. The molecule has 0 radical (unpaired) electrons. The van der Waals surface area contributed by atoms with Crippen LogP contribution in [0.15, 0.2) is 66.9 Å². The summed E-state index contributed by atoms with van der Waals surface area (Å²) in [5.41, 5.74) is 7.24. The highest BCUT2D eigenvalue weighted by Gasteiger charge is 2.18. The van der Waals surface area contributed by atoms with Gasteiger partial charge in [0.1, 0.15) is 5.75 Å². The first-order chi connectivity index (χ1) is 14.1. The Bertz CT molecular complexity index is 1210. The maximum absolute atomic E-state index is 12.6. The Labute approximate surface area is 167 Å². The van der Waals surface area contributed by atoms with Crippen LogP contribution in [-0.2, 0) is 4.79 Å². The van der Waals surface area contributed by atoms with Gasteiger partial charge in [0.25, 0.3) is 5.91 Å². The summed E-state index contributed by atoms with van der Waals surface area (Å²) in [6.07, 6.45) is 1.63. The number of hydrogen-bond acceptors (Lipinski definition) is 3. The number of carbonyl (C=O) groups is 2. The van der Waals surface area contributed by atoms with E-state index in [1.165, 1.54) is 0 Å². The standard InChI is InChI=1S/C23H21N3O3/c1-14(15-7-8-17-12-18(29-2)10-9-16(17)11-15)22(27)25-26-23(28)20-13-24-21-6-4-3-5-19(20)21/h3-14,24H,1-2H3,(H,25,27)(H,26,28)/t14-/m0/s1. The zero-order chi connectivity index (χ0) is 20.4. The van der Waals surface area contributed by atoms with E-state index in [1.807, 2.05) is 60.7 Å². The third kappa shape index (κ3) is 3.65. The Morgan fingerprint density at radius 2 is 1.72 bits per heavy atom. The first kappa shape index (κ1) is 18.6. The molecule has 6 nitrogen and oxygen atoms in total. The maximum atomic E-state index is 12.6. The van der Waals surface area contributed by atoms with E-state index in [0.717, 1.165) is 33.0 Å². The molecule has 2 amide bonds. The van der Waals surface area contributed by atoms with Gasteiger partial charge in [-0.25, -0.2) is 0 Å². The van der Waals surface area contributed by atoms with Crippen LogP contribution < -0.4 is 15.6 Å². The Morgan fingerprint density at radius 3 is 2.55 bits per heavy atom. The summed E-state index contributed by atoms with van der Waals surface area (Å²) >= 11 is 0. The van der Waals surface area contributed by atoms with E-state index < -0.39 is 5.92 Å². The van der Waals surface area contributed by atoms with Crippen LogP contribution in [0.3, 0.4) is 0 Å². The number of para-hydroxylation sites is 1. The van der Waals surface area contributed by atoms with Crippen molar-refractivity contribution in [1.82, 2.24) is 15.8 Å². The predicted molar refractivity (Wildman–Crippen MR) is 113 cm³/mol. The highest BCUT2D eigenvalue weighted by atomic mass is 16.5. The number of aromatic nitrogens is 1. The number of benzene rings is 3. The van der Waals surface area contributed by atoms with E-state index in [0.29, 0.717) is 5.56 Å². The lowest BCUT2D eigenvalue weighted by Gasteiger charge is -2.14. The fraction of sp³-hybridized carbons (Fsp3) is 0.130. The molecule has 0 aliphatic rings. The van der Waals surface area contributed by atoms with Crippen molar-refractivity contribution in [2.75, 3.05) is 7.11 Å². The van der Waals surface area contributed by atoms with Gasteiger partial charge in [-0.15, -0.1) is 0 Å². The summed E-state index contributed by atoms with van der Waals surface area (Å²) in [5, 5.41) is 2.86. The molecule has 0 fully saturated rings. The molecule has 0 spiro atoms. The van der Waals surface area contributed by atoms with Gasteiger partial charge in [0.2, 0.25) is 5.91 Å². The number of carbonyl (C=O) groups excluding carboxylic acids is 2. The summed E-state index contributed by atoms with van der Waals surface area (Å²) in [5.74, 6) is -0.291. The number of hydrazine groups is 1. The van der Waals surface area contributed by atoms with E-state index in [-0.39, 0.29) is 11.8 Å². The Kier molecular flexibility index (Phi) is 4.91. The first-order valence-corrected chi connectivity index (χ1v) is 9.31. The van der Waals surface area contributed by atoms with Crippen molar-refractivity contribution in [3.63, 3.8) is 0 Å². The number of rotatable bonds is 4. The van der Waals surface area contributed by atoms with E-state index in [4.69, 9.17) is 4.74 Å². The number of fused-ring (bicyclic) bond motifs is 2. The molecule has 3 aromatic carbocycles. The summed E-state index contributed by atoms with van der Waals surface area (Å²) < 4.78 is 5.24. The molecule has 6 heteroatoms. The molecule has 0 bridgehead atoms. The first-order valence-electron chi connectivity index (χ1n) is 9.31. The molecule has 1 heterocycles. The van der Waals surface area contributed by atoms with Gasteiger partial charge in [-0.1, -0.05) is 42.5 Å². The van der Waals surface area contributed by atoms with Crippen molar-refractivity contribution in [3.8, 4) is 5.75 Å². The van der Waals surface area contributed by atoms with Gasteiger partial charge in [-0.05, 0) is 41.5 Å². The fourth-order valence-electron chi connectivity index (χ4n) is 3.34. The molecule has 4 aromatic rings. The third-order valence-electron chi connectivity index (χ3n) is 5.10. The number of ether oxygens (including phenoxy) is 1. The minimum atomic E-state index is -0.426. The van der Waals surface area contributed by atoms with E-state index in [9.17, 15) is 9.59 Å². The molecule has 1 atom stereocenters. The van der Waals surface area contributed by atoms with Crippen LogP contribution in [0.5, 0.6) is 5.75 Å². The van der Waals surface area contributed by atoms with Gasteiger partial charge in [-0.2, -0.15) is 0 Å². The average molecular weight is 387 g/mol. The molecule has 29 heavy (non-hydrogen) atoms. The number of hydrogen-bond donors (Lipinski definition) is 3. The van der Waals surface area contributed by atoms with Gasteiger partial charge in [0, 0.05) is 17.1 Å². The molecule has 3 N–H and O–H groups in total. The zero-order valence-electron chi connectivity index (χ0n) is 16.2. The zero-order valence-corrected chi connectivity index (χ0v) is 16.2. The second kappa shape index (κ2) is 7.67. The van der Waals surface area contributed by atoms with Crippen molar-refractivity contribution in [1.29, 1.82) is 0 Å². The van der Waals surface area contributed by atoms with Crippen LogP contribution in [0.4, 0.5) is 0 Å². The second-order valence-electron chi connectivity index (χ2n) is 6.89. The topological polar surface area (TPSA) is 83.2 Å². The van der Waals surface area contributed by atoms with E-state index >= 15 is 0 Å². The number of amides is 2. The van der Waals surface area contributed by atoms with Crippen LogP contribution >= 0.6 is 0 Å². The largest absolute Gasteiger partial charge is 0.497 e. The lowest BCUT2D eigenvalue weighted by atomic mass is 9.97. The van der Waals surface area contributed by atoms with Gasteiger partial charge < -0.3 is 9.72 Å². The molecule has 1 aromatic heterocycles. The minimum Gasteiger partial charge on any atom is -0.497 e. The third-order valence-corrected chi connectivity index (χ3v) is 5.10. The second-order valence-corrected chi connectivity index (χ2v) is 6.89. The maximum Gasteiger partial charge on any atom is 0.271 e. The van der Waals surface area contributed by atoms with Crippen LogP contribution in [0.25, 0.3) is 21.7 Å². The van der Waals surface area contributed by atoms with Gasteiger partial charge >= 0.3 is 0 Å². The summed E-state index contributed by atoms with van der Waals surface area (Å²) in [6.45, 7) is 1.80. The van der Waals surface area contributed by atoms with Crippen LogP contribution in [-0.4, -0.2) is 23.9 Å². The predicted octanol–water partition coefficient (Wildman–Crippen LogP) is 3.89. The number of nitrogens with one attached hydrogen (secondary N) is 3. The van der Waals surface area contributed by atoms with Crippen molar-refractivity contribution in [3.05, 3.63) is 78.0 Å². The summed E-state index contributed by atoms with van der Waals surface area (Å²) in [7, 11) is 1.63. The van der Waals surface area contributed by atoms with E-state index in [2.05, 4.69) is 15.8 Å². The molecule has 0 saturated heterocycles. The average Bonchev–Trinajstić information content (AvgIpc) is 3.20. The highest BCUT2D eigenvalue weighted by molar-refractivity contribution is 6.07. The molecule has 0 aliphatic heterocycles. The normalized spacial score (nSPS) is 11.9. The van der Waals surface area contributed by atoms with Gasteiger partial charge in [-0.3, -0.25) is 20.4 Å². The number of H-pyrrole nitrogens is 1. The van der Waals surface area contributed by atoms with Crippen molar-refractivity contribution < 1.29 is 14.3 Å². The smallest absolute Gasteiger partial charge is 0.271 e. The number of methoxy groups -OCH3 is 1. The van der Waals surface area contributed by atoms with Crippen molar-refractivity contribution in [2.24, 2.45) is 0 Å². The van der Waals surface area contributed by atoms with Crippen LogP contribution in [0.2, 0.25) is 0 Å². The molecular weight excluding hydrogens is 366 g/mol. The Balaban J connectivity index is 1.45. The number of aromatic amines is 1. The summed E-state index contributed by atoms with van der Waals surface area (Å²) in [4.78, 5) is 28.1. The molecule has 4 rings (SSSR count). The Morgan fingerprint density at radius 1 is 0.966 bits per heavy atom. The van der Waals surface area contributed by atoms with Gasteiger partial charge in [0.15, 0.2) is 0 Å².